The van der Waals surface area contributed by atoms with Crippen LogP contribution in [0.1, 0.15) is 43.4 Å². The van der Waals surface area contributed by atoms with Crippen LogP contribution in [-0.4, -0.2) is 56.8 Å². The van der Waals surface area contributed by atoms with E-state index in [4.69, 9.17) is 9.47 Å². The van der Waals surface area contributed by atoms with E-state index >= 15 is 0 Å². The number of aliphatic hydroxyl groups excluding tert-OH is 2. The van der Waals surface area contributed by atoms with Crippen LogP contribution in [0, 0.1) is 0 Å². The summed E-state index contributed by atoms with van der Waals surface area (Å²) in [5.41, 5.74) is 2.52. The predicted molar refractivity (Wildman–Crippen MR) is 144 cm³/mol. The number of aromatic hydroxyl groups is 3. The van der Waals surface area contributed by atoms with Crippen LogP contribution in [0.25, 0.3) is 6.08 Å². The summed E-state index contributed by atoms with van der Waals surface area (Å²) >= 11 is 0. The first-order chi connectivity index (χ1) is 18.7. The van der Waals surface area contributed by atoms with Gasteiger partial charge in [-0.15, -0.1) is 0 Å². The smallest absolute Gasteiger partial charge is 0.334 e. The summed E-state index contributed by atoms with van der Waals surface area (Å²) in [5.74, 6) is -1.09. The molecule has 0 bridgehead atoms. The van der Waals surface area contributed by atoms with Crippen LogP contribution in [0.15, 0.2) is 83.5 Å². The summed E-state index contributed by atoms with van der Waals surface area (Å²) < 4.78 is 10.5. The minimum Gasteiger partial charge on any atom is -0.508 e. The maximum Gasteiger partial charge on any atom is 0.334 e. The molecule has 2 atom stereocenters. The van der Waals surface area contributed by atoms with Crippen molar-refractivity contribution in [1.82, 2.24) is 0 Å². The zero-order valence-corrected chi connectivity index (χ0v) is 21.5. The number of phenolic OH excluding ortho intramolecular Hbond substituents is 3. The number of benzene rings is 2. The van der Waals surface area contributed by atoms with Crippen LogP contribution in [0.5, 0.6) is 17.2 Å². The van der Waals surface area contributed by atoms with Gasteiger partial charge in [-0.05, 0) is 85.4 Å². The van der Waals surface area contributed by atoms with Gasteiger partial charge in [-0.3, -0.25) is 0 Å². The van der Waals surface area contributed by atoms with Gasteiger partial charge in [-0.2, -0.15) is 0 Å². The molecule has 206 valence electrons. The maximum atomic E-state index is 12.2. The lowest BCUT2D eigenvalue weighted by molar-refractivity contribution is -0.140. The number of cyclic esters (lactones) is 1. The first-order valence-corrected chi connectivity index (χ1v) is 12.4. The highest BCUT2D eigenvalue weighted by Crippen LogP contribution is 2.36. The Morgan fingerprint density at radius 3 is 2.51 bits per heavy atom. The molecule has 0 spiro atoms. The fourth-order valence-corrected chi connectivity index (χ4v) is 3.81. The second-order valence-electron chi connectivity index (χ2n) is 9.07. The number of allylic oxidation sites excluding steroid dienone is 1. The maximum absolute atomic E-state index is 12.2. The fraction of sp³-hybridized carbons (Fsp3) is 0.267. The lowest BCUT2D eigenvalue weighted by Crippen LogP contribution is -2.13. The molecular formula is C30H32O9. The van der Waals surface area contributed by atoms with Crippen LogP contribution in [0.2, 0.25) is 0 Å². The van der Waals surface area contributed by atoms with Crippen molar-refractivity contribution < 1.29 is 44.6 Å². The van der Waals surface area contributed by atoms with Crippen molar-refractivity contribution in [2.75, 3.05) is 13.2 Å². The molecule has 0 saturated heterocycles. The highest BCUT2D eigenvalue weighted by Gasteiger charge is 2.28. The van der Waals surface area contributed by atoms with Gasteiger partial charge >= 0.3 is 11.9 Å². The Morgan fingerprint density at radius 2 is 1.79 bits per heavy atom. The van der Waals surface area contributed by atoms with Crippen LogP contribution < -0.4 is 0 Å². The second-order valence-corrected chi connectivity index (χ2v) is 9.07. The van der Waals surface area contributed by atoms with Crippen molar-refractivity contribution in [3.05, 3.63) is 94.6 Å². The number of esters is 2. The standard InChI is InChI=1S/C30H32O9/c1-19(18-38-29(36)14-8-20-6-9-23(32)10-7-20)5-12-26(34)22(17-31)4-2-3-21-15-28(39-30(21)37)25-16-24(33)11-13-27(25)35/h4-11,13-16,26,28,31-35H,2-3,12,17-18H2,1H3/b14-8+,19-5+,22-4+. The average molecular weight is 537 g/mol. The number of carbonyl (C=O) groups excluding carboxylic acids is 2. The van der Waals surface area contributed by atoms with Gasteiger partial charge in [-0.1, -0.05) is 24.3 Å². The summed E-state index contributed by atoms with van der Waals surface area (Å²) in [6.07, 6.45) is 6.90. The fourth-order valence-electron chi connectivity index (χ4n) is 3.81. The van der Waals surface area contributed by atoms with Crippen molar-refractivity contribution >= 4 is 18.0 Å². The quantitative estimate of drug-likeness (QED) is 0.117. The summed E-state index contributed by atoms with van der Waals surface area (Å²) in [6, 6.07) is 10.3. The lowest BCUT2D eigenvalue weighted by Gasteiger charge is -2.12. The number of ether oxygens (including phenoxy) is 2. The van der Waals surface area contributed by atoms with Crippen LogP contribution in [0.3, 0.4) is 0 Å². The van der Waals surface area contributed by atoms with Gasteiger partial charge in [0, 0.05) is 17.2 Å². The molecule has 1 aliphatic rings. The van der Waals surface area contributed by atoms with E-state index in [0.29, 0.717) is 24.0 Å². The molecule has 1 heterocycles. The molecule has 39 heavy (non-hydrogen) atoms. The average Bonchev–Trinajstić information content (AvgIpc) is 3.29. The van der Waals surface area contributed by atoms with Gasteiger partial charge in [-0.25, -0.2) is 9.59 Å². The molecule has 9 nitrogen and oxygen atoms in total. The molecule has 2 aromatic rings. The van der Waals surface area contributed by atoms with E-state index in [1.165, 1.54) is 36.4 Å². The monoisotopic (exact) mass is 536 g/mol. The molecule has 3 rings (SSSR count). The molecule has 0 aliphatic carbocycles. The van der Waals surface area contributed by atoms with Crippen LogP contribution in [0.4, 0.5) is 0 Å². The molecule has 5 N–H and O–H groups in total. The van der Waals surface area contributed by atoms with Gasteiger partial charge in [0.15, 0.2) is 0 Å². The Bertz CT molecular complexity index is 1290. The third kappa shape index (κ3) is 8.87. The summed E-state index contributed by atoms with van der Waals surface area (Å²) in [5, 5.41) is 49.1. The minimum atomic E-state index is -0.962. The van der Waals surface area contributed by atoms with Gasteiger partial charge in [0.2, 0.25) is 0 Å². The Morgan fingerprint density at radius 1 is 1.08 bits per heavy atom. The van der Waals surface area contributed by atoms with Crippen LogP contribution >= 0.6 is 0 Å². The van der Waals surface area contributed by atoms with Crippen LogP contribution in [-0.2, 0) is 19.1 Å². The Kier molecular flexibility index (Phi) is 10.5. The van der Waals surface area contributed by atoms with E-state index in [0.717, 1.165) is 11.1 Å². The van der Waals surface area contributed by atoms with Gasteiger partial charge in [0.05, 0.1) is 12.7 Å². The highest BCUT2D eigenvalue weighted by molar-refractivity contribution is 5.91. The molecule has 0 saturated carbocycles. The molecule has 0 amide bonds. The summed E-state index contributed by atoms with van der Waals surface area (Å²) in [6.45, 7) is 1.43. The predicted octanol–water partition coefficient (Wildman–Crippen LogP) is 3.98. The van der Waals surface area contributed by atoms with E-state index < -0.39 is 24.1 Å². The zero-order valence-electron chi connectivity index (χ0n) is 21.5. The number of aliphatic hydroxyl groups is 2. The number of hydrogen-bond donors (Lipinski definition) is 5. The molecule has 0 radical (unpaired) electrons. The molecule has 0 aromatic heterocycles. The normalized spacial score (nSPS) is 16.7. The third-order valence-electron chi connectivity index (χ3n) is 6.03. The number of carbonyl (C=O) groups is 2. The largest absolute Gasteiger partial charge is 0.508 e. The molecular weight excluding hydrogens is 504 g/mol. The number of hydrogen-bond acceptors (Lipinski definition) is 9. The van der Waals surface area contributed by atoms with Crippen molar-refractivity contribution in [2.24, 2.45) is 0 Å². The summed E-state index contributed by atoms with van der Waals surface area (Å²) in [7, 11) is 0. The first kappa shape index (κ1) is 29.2. The third-order valence-corrected chi connectivity index (χ3v) is 6.03. The van der Waals surface area contributed by atoms with Crippen molar-refractivity contribution in [2.45, 2.75) is 38.4 Å². The first-order valence-electron chi connectivity index (χ1n) is 12.4. The van der Waals surface area contributed by atoms with Gasteiger partial charge in [0.25, 0.3) is 0 Å². The second kappa shape index (κ2) is 14.0. The van der Waals surface area contributed by atoms with E-state index in [1.54, 1.807) is 43.4 Å². The summed E-state index contributed by atoms with van der Waals surface area (Å²) in [4.78, 5) is 24.2. The lowest BCUT2D eigenvalue weighted by atomic mass is 10.0. The Hall–Kier alpha value is -4.34. The molecule has 1 aliphatic heterocycles. The van der Waals surface area contributed by atoms with Gasteiger partial charge in [0.1, 0.15) is 30.0 Å². The Balaban J connectivity index is 1.47. The SMILES string of the molecule is C/C(=C\CC(O)/C(=C/CCC1=CC(c2cc(O)ccc2O)OC1=O)CO)COC(=O)/C=C/c1ccc(O)cc1. The van der Waals surface area contributed by atoms with E-state index in [1.807, 2.05) is 0 Å². The minimum absolute atomic E-state index is 0.0375. The van der Waals surface area contributed by atoms with E-state index in [2.05, 4.69) is 0 Å². The Labute approximate surface area is 226 Å². The number of rotatable bonds is 12. The topological polar surface area (TPSA) is 154 Å². The number of phenols is 3. The van der Waals surface area contributed by atoms with E-state index in [9.17, 15) is 35.1 Å². The molecule has 0 fully saturated rings. The van der Waals surface area contributed by atoms with E-state index in [-0.39, 0.29) is 42.4 Å². The zero-order chi connectivity index (χ0) is 28.4. The van der Waals surface area contributed by atoms with Crippen molar-refractivity contribution in [3.8, 4) is 17.2 Å². The molecule has 9 heteroatoms. The van der Waals surface area contributed by atoms with Crippen molar-refractivity contribution in [1.29, 1.82) is 0 Å². The molecule has 2 unspecified atom stereocenters. The van der Waals surface area contributed by atoms with Crippen molar-refractivity contribution in [3.63, 3.8) is 0 Å². The highest BCUT2D eigenvalue weighted by atomic mass is 16.5. The molecule has 2 aromatic carbocycles. The van der Waals surface area contributed by atoms with Gasteiger partial charge < -0.3 is 35.0 Å².